The molecule has 2 aromatic rings. The quantitative estimate of drug-likeness (QED) is 0.876. The minimum absolute atomic E-state index is 0.115. The molecule has 0 aliphatic rings. The van der Waals surface area contributed by atoms with Crippen molar-refractivity contribution in [1.82, 2.24) is 15.0 Å². The van der Waals surface area contributed by atoms with Gasteiger partial charge < -0.3 is 19.5 Å². The summed E-state index contributed by atoms with van der Waals surface area (Å²) in [5.41, 5.74) is 1.49. The topological polar surface area (TPSA) is 97.6 Å². The van der Waals surface area contributed by atoms with Gasteiger partial charge in [-0.05, 0) is 30.7 Å². The van der Waals surface area contributed by atoms with E-state index >= 15 is 0 Å². The number of ether oxygens (including phenoxy) is 1. The number of carbonyl (C=O) groups is 2. The number of benzene rings is 1. The lowest BCUT2D eigenvalue weighted by molar-refractivity contribution is -0.116. The summed E-state index contributed by atoms with van der Waals surface area (Å²) in [5, 5.41) is 6.53. The van der Waals surface area contributed by atoms with Crippen molar-refractivity contribution in [3.8, 4) is 11.4 Å². The van der Waals surface area contributed by atoms with Crippen LogP contribution in [0.15, 0.2) is 35.2 Å². The highest BCUT2D eigenvalue weighted by atomic mass is 16.5. The maximum atomic E-state index is 11.9. The van der Waals surface area contributed by atoms with Crippen molar-refractivity contribution in [1.29, 1.82) is 0 Å². The number of rotatable bonds is 6. The minimum atomic E-state index is -0.414. The maximum absolute atomic E-state index is 11.9. The second-order valence-electron chi connectivity index (χ2n) is 4.88. The van der Waals surface area contributed by atoms with E-state index in [4.69, 9.17) is 0 Å². The van der Waals surface area contributed by atoms with E-state index in [2.05, 4.69) is 24.7 Å². The first-order valence-electron chi connectivity index (χ1n) is 7.06. The Balaban J connectivity index is 1.78. The van der Waals surface area contributed by atoms with Gasteiger partial charge in [-0.3, -0.25) is 4.79 Å². The van der Waals surface area contributed by atoms with Gasteiger partial charge in [-0.25, -0.2) is 4.79 Å². The highest BCUT2D eigenvalue weighted by Gasteiger charge is 2.09. The van der Waals surface area contributed by atoms with Gasteiger partial charge in [-0.1, -0.05) is 5.16 Å². The van der Waals surface area contributed by atoms with Crippen LogP contribution in [0, 0.1) is 0 Å². The molecule has 2 rings (SSSR count). The number of hydrogen-bond acceptors (Lipinski definition) is 6. The summed E-state index contributed by atoms with van der Waals surface area (Å²) in [6.45, 7) is 0.455. The van der Waals surface area contributed by atoms with Crippen LogP contribution in [0.5, 0.6) is 0 Å². The summed E-state index contributed by atoms with van der Waals surface area (Å²) in [6, 6.07) is 7.13. The number of hydrogen-bond donors (Lipinski definition) is 1. The van der Waals surface area contributed by atoms with Crippen molar-refractivity contribution in [2.45, 2.75) is 12.8 Å². The van der Waals surface area contributed by atoms with E-state index in [9.17, 15) is 9.59 Å². The minimum Gasteiger partial charge on any atom is -0.453 e. The van der Waals surface area contributed by atoms with E-state index < -0.39 is 6.09 Å². The molecule has 0 spiro atoms. The summed E-state index contributed by atoms with van der Waals surface area (Å²) in [6.07, 6.45) is 1.71. The summed E-state index contributed by atoms with van der Waals surface area (Å²) >= 11 is 0. The molecular weight excluding hydrogens is 300 g/mol. The van der Waals surface area contributed by atoms with Crippen molar-refractivity contribution in [3.05, 3.63) is 30.7 Å². The molecule has 0 fully saturated rings. The van der Waals surface area contributed by atoms with Crippen molar-refractivity contribution >= 4 is 17.7 Å². The zero-order valence-electron chi connectivity index (χ0n) is 13.0. The maximum Gasteiger partial charge on any atom is 0.409 e. The van der Waals surface area contributed by atoms with Gasteiger partial charge in [-0.15, -0.1) is 0 Å². The first-order valence-corrected chi connectivity index (χ1v) is 7.06. The van der Waals surface area contributed by atoms with Crippen LogP contribution in [0.2, 0.25) is 0 Å². The van der Waals surface area contributed by atoms with Gasteiger partial charge in [0.1, 0.15) is 0 Å². The molecule has 1 heterocycles. The molecule has 0 bridgehead atoms. The van der Waals surface area contributed by atoms with Crippen LogP contribution in [-0.4, -0.2) is 47.7 Å². The Kier molecular flexibility index (Phi) is 5.67. The van der Waals surface area contributed by atoms with Gasteiger partial charge >= 0.3 is 6.09 Å². The van der Waals surface area contributed by atoms with Crippen molar-refractivity contribution < 1.29 is 18.8 Å². The number of carbonyl (C=O) groups excluding carboxylic acids is 2. The number of aromatic nitrogens is 2. The van der Waals surface area contributed by atoms with Crippen molar-refractivity contribution in [2.24, 2.45) is 0 Å². The molecule has 1 N–H and O–H groups in total. The zero-order chi connectivity index (χ0) is 16.7. The lowest BCUT2D eigenvalue weighted by Gasteiger charge is -2.14. The number of anilines is 1. The smallest absolute Gasteiger partial charge is 0.409 e. The lowest BCUT2D eigenvalue weighted by Crippen LogP contribution is -2.28. The average molecular weight is 318 g/mol. The van der Waals surface area contributed by atoms with E-state index in [1.54, 1.807) is 31.3 Å². The van der Waals surface area contributed by atoms with Gasteiger partial charge in [0, 0.05) is 31.3 Å². The number of nitrogens with one attached hydrogen (secondary N) is 1. The van der Waals surface area contributed by atoms with Crippen LogP contribution in [0.4, 0.5) is 10.5 Å². The van der Waals surface area contributed by atoms with Crippen LogP contribution in [0.25, 0.3) is 11.4 Å². The van der Waals surface area contributed by atoms with E-state index in [0.29, 0.717) is 30.9 Å². The van der Waals surface area contributed by atoms with Crippen LogP contribution >= 0.6 is 0 Å². The second-order valence-corrected chi connectivity index (χ2v) is 4.88. The standard InChI is InChI=1S/C15H18N4O4/c1-19(15(21)22-2)9-3-4-13(20)17-12-7-5-11(6-8-12)14-16-10-23-18-14/h5-8,10H,3-4,9H2,1-2H3,(H,17,20). The Morgan fingerprint density at radius 1 is 1.30 bits per heavy atom. The van der Waals surface area contributed by atoms with Crippen molar-refractivity contribution in [3.63, 3.8) is 0 Å². The van der Waals surface area contributed by atoms with Crippen LogP contribution in [0.3, 0.4) is 0 Å². The Morgan fingerprint density at radius 2 is 2.04 bits per heavy atom. The van der Waals surface area contributed by atoms with Gasteiger partial charge in [0.05, 0.1) is 7.11 Å². The largest absolute Gasteiger partial charge is 0.453 e. The van der Waals surface area contributed by atoms with Crippen LogP contribution in [0.1, 0.15) is 12.8 Å². The summed E-state index contributed by atoms with van der Waals surface area (Å²) in [4.78, 5) is 28.4. The molecule has 2 amide bonds. The third kappa shape index (κ3) is 4.80. The van der Waals surface area contributed by atoms with E-state index in [0.717, 1.165) is 5.56 Å². The first-order chi connectivity index (χ1) is 11.1. The zero-order valence-corrected chi connectivity index (χ0v) is 13.0. The fourth-order valence-corrected chi connectivity index (χ4v) is 1.95. The van der Waals surface area contributed by atoms with Crippen molar-refractivity contribution in [2.75, 3.05) is 26.0 Å². The van der Waals surface area contributed by atoms with Gasteiger partial charge in [0.15, 0.2) is 0 Å². The predicted octanol–water partition coefficient (Wildman–Crippen LogP) is 2.15. The SMILES string of the molecule is COC(=O)N(C)CCCC(=O)Nc1ccc(-c2ncon2)cc1. The molecule has 23 heavy (non-hydrogen) atoms. The van der Waals surface area contributed by atoms with E-state index in [1.807, 2.05) is 0 Å². The Labute approximate surface area is 133 Å². The molecule has 1 aromatic heterocycles. The molecule has 0 saturated heterocycles. The molecule has 0 aliphatic heterocycles. The molecule has 8 nitrogen and oxygen atoms in total. The molecule has 0 atom stereocenters. The Hall–Kier alpha value is -2.90. The first kappa shape index (κ1) is 16.5. The molecule has 8 heteroatoms. The second kappa shape index (κ2) is 7.92. The van der Waals surface area contributed by atoms with E-state index in [-0.39, 0.29) is 5.91 Å². The fraction of sp³-hybridized carbons (Fsp3) is 0.333. The predicted molar refractivity (Wildman–Crippen MR) is 82.6 cm³/mol. The number of nitrogens with zero attached hydrogens (tertiary/aromatic N) is 3. The van der Waals surface area contributed by atoms with Gasteiger partial charge in [-0.2, -0.15) is 4.98 Å². The van der Waals surface area contributed by atoms with Crippen LogP contribution in [-0.2, 0) is 9.53 Å². The average Bonchev–Trinajstić information content (AvgIpc) is 3.09. The molecular formula is C15H18N4O4. The number of amides is 2. The third-order valence-electron chi connectivity index (χ3n) is 3.17. The fourth-order valence-electron chi connectivity index (χ4n) is 1.95. The summed E-state index contributed by atoms with van der Waals surface area (Å²) in [5.74, 6) is 0.379. The monoisotopic (exact) mass is 318 g/mol. The lowest BCUT2D eigenvalue weighted by atomic mass is 10.2. The highest BCUT2D eigenvalue weighted by molar-refractivity contribution is 5.90. The highest BCUT2D eigenvalue weighted by Crippen LogP contribution is 2.17. The molecule has 122 valence electrons. The Bertz CT molecular complexity index is 640. The third-order valence-corrected chi connectivity index (χ3v) is 3.17. The molecule has 0 unspecified atom stereocenters. The van der Waals surface area contributed by atoms with Gasteiger partial charge in [0.2, 0.25) is 18.1 Å². The van der Waals surface area contributed by atoms with Crippen LogP contribution < -0.4 is 5.32 Å². The summed E-state index contributed by atoms with van der Waals surface area (Å²) < 4.78 is 9.26. The molecule has 0 radical (unpaired) electrons. The van der Waals surface area contributed by atoms with Gasteiger partial charge in [0.25, 0.3) is 0 Å². The number of methoxy groups -OCH3 is 1. The molecule has 1 aromatic carbocycles. The summed E-state index contributed by atoms with van der Waals surface area (Å²) in [7, 11) is 2.95. The van der Waals surface area contributed by atoms with E-state index in [1.165, 1.54) is 18.4 Å². The molecule has 0 aliphatic carbocycles. The Morgan fingerprint density at radius 3 is 2.65 bits per heavy atom. The molecule has 0 saturated carbocycles. The normalized spacial score (nSPS) is 10.2.